The molecule has 28 heavy (non-hydrogen) atoms. The highest BCUT2D eigenvalue weighted by molar-refractivity contribution is 9.10. The number of nitrogen functional groups attached to an aromatic ring is 1. The number of anilines is 2. The molecule has 4 aliphatic rings. The molecule has 0 aromatic heterocycles. The third-order valence-corrected chi connectivity index (χ3v) is 8.07. The van der Waals surface area contributed by atoms with E-state index in [9.17, 15) is 4.79 Å². The molecule has 4 fully saturated rings. The Bertz CT molecular complexity index is 922. The quantitative estimate of drug-likeness (QED) is 0.521. The highest BCUT2D eigenvalue weighted by Crippen LogP contribution is 2.61. The summed E-state index contributed by atoms with van der Waals surface area (Å²) in [6.07, 6.45) is 8.32. The van der Waals surface area contributed by atoms with Gasteiger partial charge in [0.2, 0.25) is 0 Å². The Labute approximate surface area is 179 Å². The summed E-state index contributed by atoms with van der Waals surface area (Å²) in [6.45, 7) is 0. The number of carbonyl (C=O) groups is 1. The predicted molar refractivity (Wildman–Crippen MR) is 118 cm³/mol. The van der Waals surface area contributed by atoms with E-state index in [4.69, 9.17) is 17.3 Å². The smallest absolute Gasteiger partial charge is 0.257 e. The van der Waals surface area contributed by atoms with Crippen LogP contribution in [0.15, 0.2) is 40.9 Å². The van der Waals surface area contributed by atoms with E-state index >= 15 is 0 Å². The van der Waals surface area contributed by atoms with Gasteiger partial charge in [0, 0.05) is 10.2 Å². The van der Waals surface area contributed by atoms with Crippen LogP contribution in [0.4, 0.5) is 11.4 Å². The number of hydrogen-bond donors (Lipinski definition) is 2. The molecule has 3 N–H and O–H groups in total. The van der Waals surface area contributed by atoms with Crippen molar-refractivity contribution in [2.75, 3.05) is 11.1 Å². The lowest BCUT2D eigenvalue weighted by Crippen LogP contribution is -2.48. The summed E-state index contributed by atoms with van der Waals surface area (Å²) in [7, 11) is 0. The Kier molecular flexibility index (Phi) is 4.48. The number of rotatable bonds is 3. The summed E-state index contributed by atoms with van der Waals surface area (Å²) in [5, 5.41) is 3.34. The van der Waals surface area contributed by atoms with E-state index in [-0.39, 0.29) is 5.91 Å². The molecule has 0 aliphatic heterocycles. The summed E-state index contributed by atoms with van der Waals surface area (Å²) in [5.41, 5.74) is 9.24. The zero-order valence-electron chi connectivity index (χ0n) is 15.7. The second kappa shape index (κ2) is 6.77. The van der Waals surface area contributed by atoms with E-state index in [0.717, 1.165) is 27.9 Å². The first-order valence-electron chi connectivity index (χ1n) is 10.1. The van der Waals surface area contributed by atoms with Crippen molar-refractivity contribution in [3.63, 3.8) is 0 Å². The lowest BCUT2D eigenvalue weighted by molar-refractivity contribution is -0.00520. The first-order valence-corrected chi connectivity index (χ1v) is 11.3. The molecular formula is C23H24BrClN2O. The molecule has 3 nitrogen and oxygen atoms in total. The fourth-order valence-electron chi connectivity index (χ4n) is 6.32. The number of hydrogen-bond acceptors (Lipinski definition) is 2. The van der Waals surface area contributed by atoms with Gasteiger partial charge in [-0.15, -0.1) is 0 Å². The van der Waals surface area contributed by atoms with Gasteiger partial charge >= 0.3 is 0 Å². The molecule has 0 radical (unpaired) electrons. The fourth-order valence-corrected chi connectivity index (χ4v) is 7.07. The van der Waals surface area contributed by atoms with Crippen LogP contribution in [0.25, 0.3) is 0 Å². The van der Waals surface area contributed by atoms with Crippen LogP contribution in [0.3, 0.4) is 0 Å². The molecule has 0 unspecified atom stereocenters. The number of nitrogens with two attached hydrogens (primary N) is 1. The molecule has 4 bridgehead atoms. The van der Waals surface area contributed by atoms with Gasteiger partial charge in [0.1, 0.15) is 0 Å². The van der Waals surface area contributed by atoms with Gasteiger partial charge in [-0.3, -0.25) is 4.79 Å². The van der Waals surface area contributed by atoms with Crippen molar-refractivity contribution in [3.8, 4) is 0 Å². The number of carbonyl (C=O) groups excluding carboxylic acids is 1. The van der Waals surface area contributed by atoms with Gasteiger partial charge in [0.15, 0.2) is 0 Å². The normalized spacial score (nSPS) is 30.4. The molecular weight excluding hydrogens is 436 g/mol. The van der Waals surface area contributed by atoms with Crippen LogP contribution in [-0.2, 0) is 5.41 Å². The topological polar surface area (TPSA) is 55.1 Å². The maximum atomic E-state index is 12.6. The van der Waals surface area contributed by atoms with Crippen molar-refractivity contribution in [2.24, 2.45) is 17.8 Å². The minimum atomic E-state index is -0.228. The van der Waals surface area contributed by atoms with Gasteiger partial charge < -0.3 is 11.1 Å². The molecule has 1 amide bonds. The molecule has 146 valence electrons. The standard InChI is InChI=1S/C23H24BrClN2O/c24-19-8-16(23-10-13-5-14(11-23)7-15(6-13)12-23)1-4-21(19)27-22(28)18-3-2-17(26)9-20(18)25/h1-4,8-9,13-15H,5-7,10-12,26H2,(H,27,28). The van der Waals surface area contributed by atoms with Crippen LogP contribution in [0.1, 0.15) is 54.4 Å². The first kappa shape index (κ1) is 18.5. The second-order valence-corrected chi connectivity index (χ2v) is 10.3. The van der Waals surface area contributed by atoms with Crippen LogP contribution in [0, 0.1) is 17.8 Å². The third-order valence-electron chi connectivity index (χ3n) is 7.11. The summed E-state index contributed by atoms with van der Waals surface area (Å²) in [4.78, 5) is 12.6. The van der Waals surface area contributed by atoms with Gasteiger partial charge in [0.25, 0.3) is 5.91 Å². The van der Waals surface area contributed by atoms with Gasteiger partial charge in [0.05, 0.1) is 16.3 Å². The van der Waals surface area contributed by atoms with Crippen molar-refractivity contribution in [1.29, 1.82) is 0 Å². The second-order valence-electron chi connectivity index (χ2n) is 9.09. The Morgan fingerprint density at radius 3 is 2.25 bits per heavy atom. The average Bonchev–Trinajstić information content (AvgIpc) is 2.62. The van der Waals surface area contributed by atoms with Crippen LogP contribution in [0.5, 0.6) is 0 Å². The third kappa shape index (κ3) is 3.15. The van der Waals surface area contributed by atoms with Crippen molar-refractivity contribution >= 4 is 44.8 Å². The first-order chi connectivity index (χ1) is 13.4. The highest BCUT2D eigenvalue weighted by Gasteiger charge is 2.51. The van der Waals surface area contributed by atoms with Crippen molar-refractivity contribution in [3.05, 3.63) is 57.0 Å². The minimum absolute atomic E-state index is 0.228. The predicted octanol–water partition coefficient (Wildman–Crippen LogP) is 6.40. The van der Waals surface area contributed by atoms with E-state index in [0.29, 0.717) is 21.7 Å². The summed E-state index contributed by atoms with van der Waals surface area (Å²) in [6, 6.07) is 11.4. The molecule has 5 heteroatoms. The van der Waals surface area contributed by atoms with E-state index < -0.39 is 0 Å². The monoisotopic (exact) mass is 458 g/mol. The van der Waals surface area contributed by atoms with Crippen molar-refractivity contribution in [2.45, 2.75) is 43.9 Å². The van der Waals surface area contributed by atoms with Crippen LogP contribution in [-0.4, -0.2) is 5.91 Å². The van der Waals surface area contributed by atoms with Gasteiger partial charge in [-0.25, -0.2) is 0 Å². The molecule has 2 aromatic rings. The van der Waals surface area contributed by atoms with Crippen molar-refractivity contribution in [1.82, 2.24) is 0 Å². The maximum absolute atomic E-state index is 12.6. The summed E-state index contributed by atoms with van der Waals surface area (Å²) in [5.74, 6) is 2.51. The maximum Gasteiger partial charge on any atom is 0.257 e. The largest absolute Gasteiger partial charge is 0.399 e. The summed E-state index contributed by atoms with van der Waals surface area (Å²) >= 11 is 9.87. The lowest BCUT2D eigenvalue weighted by Gasteiger charge is -2.57. The Morgan fingerprint density at radius 2 is 1.68 bits per heavy atom. The van der Waals surface area contributed by atoms with Gasteiger partial charge in [-0.1, -0.05) is 17.7 Å². The number of halogens is 2. The van der Waals surface area contributed by atoms with E-state index in [2.05, 4.69) is 33.4 Å². The molecule has 0 heterocycles. The molecule has 2 aromatic carbocycles. The van der Waals surface area contributed by atoms with Crippen LogP contribution >= 0.6 is 27.5 Å². The van der Waals surface area contributed by atoms with E-state index in [1.807, 2.05) is 6.07 Å². The lowest BCUT2D eigenvalue weighted by atomic mass is 9.48. The zero-order chi connectivity index (χ0) is 19.5. The molecule has 0 atom stereocenters. The van der Waals surface area contributed by atoms with Gasteiger partial charge in [-0.2, -0.15) is 0 Å². The summed E-state index contributed by atoms with van der Waals surface area (Å²) < 4.78 is 0.931. The van der Waals surface area contributed by atoms with Crippen LogP contribution in [0.2, 0.25) is 5.02 Å². The Balaban J connectivity index is 1.39. The SMILES string of the molecule is Nc1ccc(C(=O)Nc2ccc(C34CC5CC(CC(C5)C3)C4)cc2Br)c(Cl)c1. The average molecular weight is 460 g/mol. The zero-order valence-corrected chi connectivity index (χ0v) is 18.0. The molecule has 4 aliphatic carbocycles. The Hall–Kier alpha value is -1.52. The Morgan fingerprint density at radius 1 is 1.04 bits per heavy atom. The molecule has 6 rings (SSSR count). The molecule has 0 spiro atoms. The minimum Gasteiger partial charge on any atom is -0.399 e. The molecule has 0 saturated heterocycles. The van der Waals surface area contributed by atoms with Crippen LogP contribution < -0.4 is 11.1 Å². The number of benzene rings is 2. The fraction of sp³-hybridized carbons (Fsp3) is 0.435. The van der Waals surface area contributed by atoms with Gasteiger partial charge in [-0.05, 0) is 114 Å². The highest BCUT2D eigenvalue weighted by atomic mass is 79.9. The molecule has 4 saturated carbocycles. The van der Waals surface area contributed by atoms with E-state index in [1.54, 1.807) is 18.2 Å². The van der Waals surface area contributed by atoms with E-state index in [1.165, 1.54) is 44.1 Å². The number of amides is 1. The number of nitrogens with one attached hydrogen (secondary N) is 1. The van der Waals surface area contributed by atoms with Crippen molar-refractivity contribution < 1.29 is 4.79 Å².